The Morgan fingerprint density at radius 2 is 1.83 bits per heavy atom. The van der Waals surface area contributed by atoms with Crippen LogP contribution in [0.2, 0.25) is 0 Å². The molecule has 0 N–H and O–H groups in total. The van der Waals surface area contributed by atoms with E-state index in [1.165, 1.54) is 6.07 Å². The van der Waals surface area contributed by atoms with Crippen LogP contribution in [0.5, 0.6) is 0 Å². The summed E-state index contributed by atoms with van der Waals surface area (Å²) in [6.45, 7) is 0.425. The van der Waals surface area contributed by atoms with E-state index >= 15 is 0 Å². The number of fused-ring (bicyclic) bond motifs is 1. The monoisotopic (exact) mass is 311 g/mol. The molecule has 4 heteroatoms. The van der Waals surface area contributed by atoms with E-state index in [0.717, 1.165) is 0 Å². The van der Waals surface area contributed by atoms with Crippen molar-refractivity contribution >= 4 is 17.4 Å². The molecule has 0 saturated heterocycles. The van der Waals surface area contributed by atoms with Crippen LogP contribution >= 0.6 is 0 Å². The number of halogens is 1. The molecule has 1 aliphatic rings. The largest absolute Gasteiger partial charge is 0.311 e. The average molecular weight is 311 g/mol. The molecule has 1 aliphatic heterocycles. The second-order valence-corrected chi connectivity index (χ2v) is 5.68. The van der Waals surface area contributed by atoms with E-state index in [2.05, 4.69) is 0 Å². The molecule has 0 unspecified atom stereocenters. The summed E-state index contributed by atoms with van der Waals surface area (Å²) < 4.78 is 13.6. The van der Waals surface area contributed by atoms with E-state index in [4.69, 9.17) is 0 Å². The Kier molecular flexibility index (Phi) is 4.51. The van der Waals surface area contributed by atoms with Gasteiger partial charge in [0.2, 0.25) is 5.91 Å². The number of ketones is 1. The lowest BCUT2D eigenvalue weighted by atomic mass is 9.99. The van der Waals surface area contributed by atoms with Crippen LogP contribution in [-0.4, -0.2) is 18.2 Å². The van der Waals surface area contributed by atoms with Gasteiger partial charge in [-0.05, 0) is 36.6 Å². The van der Waals surface area contributed by atoms with Crippen molar-refractivity contribution < 1.29 is 14.0 Å². The van der Waals surface area contributed by atoms with Crippen molar-refractivity contribution in [1.29, 1.82) is 0 Å². The molecular formula is C19H18FNO2. The van der Waals surface area contributed by atoms with Crippen LogP contribution in [0.15, 0.2) is 48.5 Å². The number of carbonyl (C=O) groups excluding carboxylic acids is 2. The van der Waals surface area contributed by atoms with Crippen molar-refractivity contribution in [3.8, 4) is 0 Å². The molecule has 0 spiro atoms. The molecule has 0 radical (unpaired) electrons. The fraction of sp³-hybridized carbons (Fsp3) is 0.263. The lowest BCUT2D eigenvalue weighted by molar-refractivity contribution is -0.118. The molecule has 0 aromatic heterocycles. The number of anilines is 1. The predicted molar refractivity (Wildman–Crippen MR) is 87.1 cm³/mol. The smallest absolute Gasteiger partial charge is 0.227 e. The number of benzene rings is 2. The Morgan fingerprint density at radius 3 is 2.65 bits per heavy atom. The normalized spacial score (nSPS) is 13.8. The van der Waals surface area contributed by atoms with Crippen molar-refractivity contribution in [2.24, 2.45) is 0 Å². The number of rotatable bonds is 4. The molecule has 1 amide bonds. The van der Waals surface area contributed by atoms with Crippen molar-refractivity contribution in [3.63, 3.8) is 0 Å². The third-order valence-electron chi connectivity index (χ3n) is 4.15. The SMILES string of the molecule is O=C1CCN(C(=O)CCCc2ccccc2F)c2ccccc21. The van der Waals surface area contributed by atoms with Crippen molar-refractivity contribution in [1.82, 2.24) is 0 Å². The first-order chi connectivity index (χ1) is 11.2. The fourth-order valence-electron chi connectivity index (χ4n) is 2.94. The van der Waals surface area contributed by atoms with E-state index in [1.54, 1.807) is 35.2 Å². The predicted octanol–water partition coefficient (Wildman–Crippen LogP) is 3.77. The molecule has 118 valence electrons. The van der Waals surface area contributed by atoms with Crippen molar-refractivity contribution in [2.75, 3.05) is 11.4 Å². The maximum absolute atomic E-state index is 13.6. The Hall–Kier alpha value is -2.49. The summed E-state index contributed by atoms with van der Waals surface area (Å²) in [7, 11) is 0. The highest BCUT2D eigenvalue weighted by molar-refractivity contribution is 6.08. The molecule has 3 nitrogen and oxygen atoms in total. The summed E-state index contributed by atoms with van der Waals surface area (Å²) in [4.78, 5) is 26.1. The molecule has 0 fully saturated rings. The van der Waals surface area contributed by atoms with Crippen LogP contribution < -0.4 is 4.90 Å². The fourth-order valence-corrected chi connectivity index (χ4v) is 2.94. The summed E-state index contributed by atoms with van der Waals surface area (Å²) in [5, 5.41) is 0. The highest BCUT2D eigenvalue weighted by Gasteiger charge is 2.26. The lowest BCUT2D eigenvalue weighted by Crippen LogP contribution is -2.37. The van der Waals surface area contributed by atoms with Crippen LogP contribution in [0, 0.1) is 5.82 Å². The summed E-state index contributed by atoms with van der Waals surface area (Å²) in [5.74, 6) is -0.161. The van der Waals surface area contributed by atoms with Crippen LogP contribution in [-0.2, 0) is 11.2 Å². The zero-order valence-electron chi connectivity index (χ0n) is 12.8. The third-order valence-corrected chi connectivity index (χ3v) is 4.15. The van der Waals surface area contributed by atoms with Gasteiger partial charge in [0.25, 0.3) is 0 Å². The zero-order chi connectivity index (χ0) is 16.2. The van der Waals surface area contributed by atoms with E-state index in [9.17, 15) is 14.0 Å². The molecular weight excluding hydrogens is 293 g/mol. The highest BCUT2D eigenvalue weighted by Crippen LogP contribution is 2.27. The Morgan fingerprint density at radius 1 is 1.09 bits per heavy atom. The van der Waals surface area contributed by atoms with Gasteiger partial charge < -0.3 is 4.90 Å². The van der Waals surface area contributed by atoms with E-state index < -0.39 is 0 Å². The molecule has 3 rings (SSSR count). The van der Waals surface area contributed by atoms with Gasteiger partial charge in [0, 0.05) is 24.9 Å². The molecule has 0 bridgehead atoms. The van der Waals surface area contributed by atoms with E-state index in [-0.39, 0.29) is 17.5 Å². The van der Waals surface area contributed by atoms with Gasteiger partial charge in [-0.25, -0.2) is 4.39 Å². The number of hydrogen-bond acceptors (Lipinski definition) is 2. The number of carbonyl (C=O) groups is 2. The molecule has 2 aromatic rings. The standard InChI is InChI=1S/C19H18FNO2/c20-16-9-3-1-6-14(16)7-5-11-19(23)21-13-12-18(22)15-8-2-4-10-17(15)21/h1-4,6,8-10H,5,7,11-13H2. The number of nitrogens with zero attached hydrogens (tertiary/aromatic N) is 1. The van der Waals surface area contributed by atoms with Crippen LogP contribution in [0.3, 0.4) is 0 Å². The molecule has 2 aromatic carbocycles. The number of hydrogen-bond donors (Lipinski definition) is 0. The highest BCUT2D eigenvalue weighted by atomic mass is 19.1. The second kappa shape index (κ2) is 6.73. The molecule has 0 saturated carbocycles. The number of Topliss-reactive ketones (excluding diaryl/α,β-unsaturated/α-hetero) is 1. The topological polar surface area (TPSA) is 37.4 Å². The van der Waals surface area contributed by atoms with Crippen molar-refractivity contribution in [3.05, 3.63) is 65.5 Å². The van der Waals surface area contributed by atoms with Gasteiger partial charge >= 0.3 is 0 Å². The first kappa shape index (κ1) is 15.4. The molecule has 0 aliphatic carbocycles. The summed E-state index contributed by atoms with van der Waals surface area (Å²) in [5.41, 5.74) is 1.94. The molecule has 0 atom stereocenters. The quantitative estimate of drug-likeness (QED) is 0.862. The maximum Gasteiger partial charge on any atom is 0.227 e. The second-order valence-electron chi connectivity index (χ2n) is 5.68. The summed E-state index contributed by atoms with van der Waals surface area (Å²) >= 11 is 0. The Bertz CT molecular complexity index is 742. The van der Waals surface area contributed by atoms with Gasteiger partial charge in [0.15, 0.2) is 5.78 Å². The van der Waals surface area contributed by atoms with Gasteiger partial charge in [-0.3, -0.25) is 9.59 Å². The Balaban J connectivity index is 1.64. The zero-order valence-corrected chi connectivity index (χ0v) is 12.8. The van der Waals surface area contributed by atoms with Crippen LogP contribution in [0.4, 0.5) is 10.1 Å². The third kappa shape index (κ3) is 3.31. The number of para-hydroxylation sites is 1. The van der Waals surface area contributed by atoms with Crippen LogP contribution in [0.1, 0.15) is 35.2 Å². The Labute approximate surface area is 134 Å². The van der Waals surface area contributed by atoms with Crippen LogP contribution in [0.25, 0.3) is 0 Å². The summed E-state index contributed by atoms with van der Waals surface area (Å²) in [6, 6.07) is 13.8. The van der Waals surface area contributed by atoms with Gasteiger partial charge in [0.05, 0.1) is 5.69 Å². The lowest BCUT2D eigenvalue weighted by Gasteiger charge is -2.28. The van der Waals surface area contributed by atoms with Crippen molar-refractivity contribution in [2.45, 2.75) is 25.7 Å². The number of amides is 1. The van der Waals surface area contributed by atoms with Gasteiger partial charge in [-0.15, -0.1) is 0 Å². The average Bonchev–Trinajstić information content (AvgIpc) is 2.57. The van der Waals surface area contributed by atoms with E-state index in [1.807, 2.05) is 12.1 Å². The maximum atomic E-state index is 13.6. The molecule has 23 heavy (non-hydrogen) atoms. The summed E-state index contributed by atoms with van der Waals surface area (Å²) in [6.07, 6.45) is 1.83. The first-order valence-electron chi connectivity index (χ1n) is 7.83. The first-order valence-corrected chi connectivity index (χ1v) is 7.83. The minimum atomic E-state index is -0.228. The molecule has 1 heterocycles. The number of aryl methyl sites for hydroxylation is 1. The minimum Gasteiger partial charge on any atom is -0.311 e. The minimum absolute atomic E-state index is 0.0127. The van der Waals surface area contributed by atoms with Gasteiger partial charge in [0.1, 0.15) is 5.82 Å². The van der Waals surface area contributed by atoms with Gasteiger partial charge in [-0.2, -0.15) is 0 Å². The van der Waals surface area contributed by atoms with Gasteiger partial charge in [-0.1, -0.05) is 30.3 Å². The van der Waals surface area contributed by atoms with E-state index in [0.29, 0.717) is 49.0 Å².